The Morgan fingerprint density at radius 3 is 2.11 bits per heavy atom. The zero-order chi connectivity index (χ0) is 27.9. The van der Waals surface area contributed by atoms with Crippen LogP contribution in [0.3, 0.4) is 0 Å². The van der Waals surface area contributed by atoms with Crippen molar-refractivity contribution in [2.45, 2.75) is 45.2 Å². The molecule has 0 radical (unpaired) electrons. The van der Waals surface area contributed by atoms with Gasteiger partial charge in [0.05, 0.1) is 10.6 Å². The third kappa shape index (κ3) is 7.45. The van der Waals surface area contributed by atoms with Gasteiger partial charge in [-0.15, -0.1) is 0 Å². The Morgan fingerprint density at radius 1 is 0.895 bits per heavy atom. The molecule has 0 saturated carbocycles. The van der Waals surface area contributed by atoms with Gasteiger partial charge in [-0.25, -0.2) is 8.42 Å². The number of anilines is 1. The van der Waals surface area contributed by atoms with Gasteiger partial charge in [-0.2, -0.15) is 0 Å². The number of carbonyl (C=O) groups is 2. The number of hydrogen-bond acceptors (Lipinski definition) is 4. The van der Waals surface area contributed by atoms with E-state index in [-0.39, 0.29) is 23.3 Å². The number of benzene rings is 3. The van der Waals surface area contributed by atoms with Crippen molar-refractivity contribution >= 4 is 43.5 Å². The average Bonchev–Trinajstić information content (AvgIpc) is 2.90. The number of halogens is 1. The molecule has 0 saturated heterocycles. The Labute approximate surface area is 234 Å². The predicted octanol–water partition coefficient (Wildman–Crippen LogP) is 5.14. The van der Waals surface area contributed by atoms with Crippen LogP contribution in [0.1, 0.15) is 31.9 Å². The van der Waals surface area contributed by atoms with Crippen LogP contribution in [-0.2, 0) is 26.2 Å². The van der Waals surface area contributed by atoms with Crippen LogP contribution in [-0.4, -0.2) is 44.3 Å². The van der Waals surface area contributed by atoms with Crippen molar-refractivity contribution in [1.82, 2.24) is 10.2 Å². The molecule has 2 amide bonds. The first kappa shape index (κ1) is 29.4. The highest BCUT2D eigenvalue weighted by Gasteiger charge is 2.33. The molecule has 3 aromatic rings. The number of para-hydroxylation sites is 1. The minimum absolute atomic E-state index is 0.0817. The first-order valence-corrected chi connectivity index (χ1v) is 14.7. The van der Waals surface area contributed by atoms with Gasteiger partial charge in [0.1, 0.15) is 12.6 Å². The molecule has 0 fully saturated rings. The molecule has 0 unspecified atom stereocenters. The van der Waals surface area contributed by atoms with E-state index < -0.39 is 28.5 Å². The van der Waals surface area contributed by atoms with Gasteiger partial charge in [0.25, 0.3) is 10.0 Å². The van der Waals surface area contributed by atoms with Crippen LogP contribution in [0.2, 0.25) is 0 Å². The highest BCUT2D eigenvalue weighted by Crippen LogP contribution is 2.27. The van der Waals surface area contributed by atoms with Crippen LogP contribution >= 0.6 is 15.9 Å². The van der Waals surface area contributed by atoms with Crippen molar-refractivity contribution in [3.63, 3.8) is 0 Å². The van der Waals surface area contributed by atoms with Gasteiger partial charge in [-0.05, 0) is 61.2 Å². The fourth-order valence-corrected chi connectivity index (χ4v) is 5.66. The Hall–Kier alpha value is -3.17. The quantitative estimate of drug-likeness (QED) is 0.330. The molecule has 38 heavy (non-hydrogen) atoms. The minimum Gasteiger partial charge on any atom is -0.354 e. The number of nitrogens with zero attached hydrogens (tertiary/aromatic N) is 2. The third-order valence-electron chi connectivity index (χ3n) is 6.11. The number of rotatable bonds is 11. The Balaban J connectivity index is 2.00. The molecular formula is C29H34BrN3O4S. The van der Waals surface area contributed by atoms with Gasteiger partial charge in [-0.1, -0.05) is 78.3 Å². The SMILES string of the molecule is Cc1ccccc1N(CC(=O)N(Cc1ccc(Br)cc1)[C@@H](C)C(=O)NCC(C)C)S(=O)(=O)c1ccccc1. The van der Waals surface area contributed by atoms with E-state index in [0.29, 0.717) is 17.8 Å². The summed E-state index contributed by atoms with van der Waals surface area (Å²) < 4.78 is 29.6. The van der Waals surface area contributed by atoms with Crippen molar-refractivity contribution in [3.8, 4) is 0 Å². The normalized spacial score (nSPS) is 12.2. The Morgan fingerprint density at radius 2 is 1.50 bits per heavy atom. The van der Waals surface area contributed by atoms with Gasteiger partial charge in [0.15, 0.2) is 0 Å². The second-order valence-electron chi connectivity index (χ2n) is 9.57. The van der Waals surface area contributed by atoms with Crippen LogP contribution in [0.25, 0.3) is 0 Å². The first-order chi connectivity index (χ1) is 18.0. The van der Waals surface area contributed by atoms with E-state index >= 15 is 0 Å². The molecule has 0 aromatic heterocycles. The third-order valence-corrected chi connectivity index (χ3v) is 8.41. The fourth-order valence-electron chi connectivity index (χ4n) is 3.90. The standard InChI is InChI=1S/C29H34BrN3O4S/c1-21(2)18-31-29(35)23(4)32(19-24-14-16-25(30)17-15-24)28(34)20-33(27-13-9-8-10-22(27)3)38(36,37)26-11-6-5-7-12-26/h5-17,21,23H,18-20H2,1-4H3,(H,31,35)/t23-/m0/s1. The number of hydrogen-bond donors (Lipinski definition) is 1. The van der Waals surface area contributed by atoms with E-state index in [1.54, 1.807) is 50.2 Å². The van der Waals surface area contributed by atoms with E-state index in [2.05, 4.69) is 21.2 Å². The maximum atomic E-state index is 13.9. The summed E-state index contributed by atoms with van der Waals surface area (Å²) in [7, 11) is -4.07. The molecule has 0 spiro atoms. The molecule has 1 atom stereocenters. The van der Waals surface area contributed by atoms with Crippen molar-refractivity contribution in [1.29, 1.82) is 0 Å². The van der Waals surface area contributed by atoms with Gasteiger partial charge in [0.2, 0.25) is 11.8 Å². The van der Waals surface area contributed by atoms with E-state index in [0.717, 1.165) is 14.3 Å². The predicted molar refractivity (Wildman–Crippen MR) is 154 cm³/mol. The zero-order valence-electron chi connectivity index (χ0n) is 22.1. The second-order valence-corrected chi connectivity index (χ2v) is 12.4. The smallest absolute Gasteiger partial charge is 0.264 e. The molecule has 0 aliphatic carbocycles. The second kappa shape index (κ2) is 13.1. The molecule has 3 rings (SSSR count). The lowest BCUT2D eigenvalue weighted by Gasteiger charge is -2.32. The zero-order valence-corrected chi connectivity index (χ0v) is 24.5. The lowest BCUT2D eigenvalue weighted by atomic mass is 10.1. The first-order valence-electron chi connectivity index (χ1n) is 12.5. The molecule has 7 nitrogen and oxygen atoms in total. The van der Waals surface area contributed by atoms with Gasteiger partial charge < -0.3 is 10.2 Å². The summed E-state index contributed by atoms with van der Waals surface area (Å²) in [6.07, 6.45) is 0. The van der Waals surface area contributed by atoms with Crippen molar-refractivity contribution in [2.24, 2.45) is 5.92 Å². The fraction of sp³-hybridized carbons (Fsp3) is 0.310. The topological polar surface area (TPSA) is 86.8 Å². The maximum absolute atomic E-state index is 13.9. The minimum atomic E-state index is -4.07. The monoisotopic (exact) mass is 599 g/mol. The highest BCUT2D eigenvalue weighted by atomic mass is 79.9. The number of sulfonamides is 1. The summed E-state index contributed by atoms with van der Waals surface area (Å²) in [5, 5.41) is 2.89. The number of aryl methyl sites for hydroxylation is 1. The largest absolute Gasteiger partial charge is 0.354 e. The lowest BCUT2D eigenvalue weighted by molar-refractivity contribution is -0.139. The van der Waals surface area contributed by atoms with Gasteiger partial charge in [-0.3, -0.25) is 13.9 Å². The molecule has 0 bridgehead atoms. The van der Waals surface area contributed by atoms with Gasteiger partial charge in [0, 0.05) is 17.6 Å². The van der Waals surface area contributed by atoms with E-state index in [1.165, 1.54) is 17.0 Å². The van der Waals surface area contributed by atoms with E-state index in [4.69, 9.17) is 0 Å². The molecule has 1 N–H and O–H groups in total. The molecule has 0 aliphatic rings. The summed E-state index contributed by atoms with van der Waals surface area (Å²) >= 11 is 3.42. The summed E-state index contributed by atoms with van der Waals surface area (Å²) in [6.45, 7) is 7.61. The van der Waals surface area contributed by atoms with Crippen LogP contribution in [0.15, 0.2) is 88.2 Å². The maximum Gasteiger partial charge on any atom is 0.264 e. The van der Waals surface area contributed by atoms with E-state index in [9.17, 15) is 18.0 Å². The van der Waals surface area contributed by atoms with Crippen molar-refractivity contribution in [3.05, 3.63) is 94.5 Å². The molecular weight excluding hydrogens is 566 g/mol. The summed E-state index contributed by atoms with van der Waals surface area (Å²) in [4.78, 5) is 28.4. The lowest BCUT2D eigenvalue weighted by Crippen LogP contribution is -2.51. The number of nitrogens with one attached hydrogen (secondary N) is 1. The van der Waals surface area contributed by atoms with Crippen LogP contribution in [0, 0.1) is 12.8 Å². The van der Waals surface area contributed by atoms with Crippen molar-refractivity contribution < 1.29 is 18.0 Å². The molecule has 9 heteroatoms. The average molecular weight is 601 g/mol. The number of amides is 2. The molecule has 0 heterocycles. The summed E-state index contributed by atoms with van der Waals surface area (Å²) in [5.74, 6) is -0.533. The molecule has 0 aliphatic heterocycles. The van der Waals surface area contributed by atoms with E-state index in [1.807, 2.05) is 44.2 Å². The van der Waals surface area contributed by atoms with Crippen molar-refractivity contribution in [2.75, 3.05) is 17.4 Å². The Bertz CT molecular complexity index is 1350. The van der Waals surface area contributed by atoms with Gasteiger partial charge >= 0.3 is 0 Å². The molecule has 202 valence electrons. The molecule has 3 aromatic carbocycles. The van der Waals surface area contributed by atoms with Crippen LogP contribution < -0.4 is 9.62 Å². The number of carbonyl (C=O) groups excluding carboxylic acids is 2. The Kier molecular flexibility index (Phi) is 10.1. The summed E-state index contributed by atoms with van der Waals surface area (Å²) in [6, 6.07) is 21.7. The highest BCUT2D eigenvalue weighted by molar-refractivity contribution is 9.10. The van der Waals surface area contributed by atoms with Crippen LogP contribution in [0.5, 0.6) is 0 Å². The van der Waals surface area contributed by atoms with Crippen LogP contribution in [0.4, 0.5) is 5.69 Å². The summed E-state index contributed by atoms with van der Waals surface area (Å²) in [5.41, 5.74) is 1.94.